The van der Waals surface area contributed by atoms with Crippen LogP contribution in [0.2, 0.25) is 5.02 Å². The molecule has 1 aliphatic rings. The van der Waals surface area contributed by atoms with E-state index in [1.54, 1.807) is 6.07 Å². The Morgan fingerprint density at radius 3 is 2.71 bits per heavy atom. The molecule has 28 heavy (non-hydrogen) atoms. The number of H-pyrrole nitrogens is 1. The number of fused-ring (bicyclic) bond motifs is 1. The number of hydrogen-bond acceptors (Lipinski definition) is 6. The summed E-state index contributed by atoms with van der Waals surface area (Å²) in [5, 5.41) is 0.570. The van der Waals surface area contributed by atoms with Gasteiger partial charge in [0.2, 0.25) is 0 Å². The molecule has 1 aliphatic heterocycles. The molecule has 1 N–H and O–H groups in total. The van der Waals surface area contributed by atoms with E-state index in [1.807, 2.05) is 24.4 Å². The van der Waals surface area contributed by atoms with E-state index >= 15 is 0 Å². The van der Waals surface area contributed by atoms with Crippen LogP contribution >= 0.6 is 11.6 Å². The third kappa shape index (κ3) is 4.11. The first-order valence-corrected chi connectivity index (χ1v) is 11.3. The number of nitrogens with one attached hydrogen (secondary N) is 1. The van der Waals surface area contributed by atoms with Crippen LogP contribution in [0.3, 0.4) is 0 Å². The molecule has 3 aromatic rings. The van der Waals surface area contributed by atoms with E-state index < -0.39 is 5.97 Å². The monoisotopic (exact) mass is 508 g/mol. The molecule has 0 bridgehead atoms. The Kier molecular flexibility index (Phi) is 5.74. The molecule has 3 heterocycles. The molecule has 144 valence electrons. The number of esters is 1. The second kappa shape index (κ2) is 8.26. The van der Waals surface area contributed by atoms with E-state index in [2.05, 4.69) is 23.0 Å². The molecule has 0 amide bonds. The van der Waals surface area contributed by atoms with Gasteiger partial charge in [-0.25, -0.2) is 0 Å². The molecular formula is C18H17BClIN5O2-. The molecule has 1 fully saturated rings. The van der Waals surface area contributed by atoms with Gasteiger partial charge in [-0.3, -0.25) is 4.79 Å². The molecule has 0 spiro atoms. The van der Waals surface area contributed by atoms with E-state index in [0.29, 0.717) is 16.1 Å². The first kappa shape index (κ1) is 19.5. The number of imidazole rings is 1. The summed E-state index contributed by atoms with van der Waals surface area (Å²) in [5.41, 5.74) is 8.91. The molecule has 0 atom stereocenters. The Morgan fingerprint density at radius 1 is 1.29 bits per heavy atom. The molecule has 2 aromatic heterocycles. The van der Waals surface area contributed by atoms with Crippen molar-refractivity contribution in [3.8, 4) is 17.1 Å². The zero-order valence-corrected chi connectivity index (χ0v) is 18.1. The van der Waals surface area contributed by atoms with Gasteiger partial charge in [0.25, 0.3) is 0 Å². The number of benzene rings is 1. The van der Waals surface area contributed by atoms with Gasteiger partial charge in [-0.15, -0.1) is 0 Å². The second-order valence-electron chi connectivity index (χ2n) is 6.38. The Hall–Kier alpha value is -1.85. The Balaban J connectivity index is 1.57. The van der Waals surface area contributed by atoms with Gasteiger partial charge in [0, 0.05) is 6.92 Å². The van der Waals surface area contributed by atoms with Crippen molar-refractivity contribution in [2.75, 3.05) is 31.1 Å². The molecule has 0 unspecified atom stereocenters. The topological polar surface area (TPSA) is 74.3 Å². The fourth-order valence-electron chi connectivity index (χ4n) is 3.15. The summed E-state index contributed by atoms with van der Waals surface area (Å²) in [6.45, 7) is 5.17. The first-order chi connectivity index (χ1) is 13.5. The Labute approximate surface area is 179 Å². The van der Waals surface area contributed by atoms with Gasteiger partial charge in [0.15, 0.2) is 0 Å². The van der Waals surface area contributed by atoms with Crippen LogP contribution in [-0.2, 0) is 4.79 Å². The number of anilines is 1. The minimum atomic E-state index is -0.431. The molecule has 10 heteroatoms. The third-order valence-corrected chi connectivity index (χ3v) is 6.60. The standard InChI is InChI=1S/C18H17BClIN5O2/c1-11(27)28-18-23-15-8-13(14(20)9-16(15)24-18)12-2-3-17(22-10-12)25-4-6-26(21-19)7-5-25/h2-3,8-10H,4-7H2,1H3,(H,23,24)/q-1. The molecule has 7 nitrogen and oxygen atoms in total. The summed E-state index contributed by atoms with van der Waals surface area (Å²) in [4.78, 5) is 25.2. The van der Waals surface area contributed by atoms with Gasteiger partial charge >= 0.3 is 158 Å². The molecule has 0 aliphatic carbocycles. The average molecular weight is 509 g/mol. The first-order valence-electron chi connectivity index (χ1n) is 8.71. The number of hydrogen-bond donors (Lipinski definition) is 1. The molecule has 1 aromatic carbocycles. The van der Waals surface area contributed by atoms with Crippen molar-refractivity contribution in [1.29, 1.82) is 0 Å². The van der Waals surface area contributed by atoms with Crippen molar-refractivity contribution < 1.29 is 30.8 Å². The summed E-state index contributed by atoms with van der Waals surface area (Å²) in [6, 6.07) is 7.81. The normalized spacial score (nSPS) is 15.3. The van der Waals surface area contributed by atoms with Crippen molar-refractivity contribution >= 4 is 40.1 Å². The van der Waals surface area contributed by atoms with Crippen molar-refractivity contribution in [3.05, 3.63) is 35.5 Å². The second-order valence-corrected chi connectivity index (χ2v) is 8.71. The van der Waals surface area contributed by atoms with Crippen molar-refractivity contribution in [2.45, 2.75) is 6.92 Å². The number of carbonyl (C=O) groups is 1. The van der Waals surface area contributed by atoms with Crippen LogP contribution in [0.1, 0.15) is 6.92 Å². The van der Waals surface area contributed by atoms with Crippen LogP contribution in [0.5, 0.6) is 6.01 Å². The number of ether oxygens (including phenoxy) is 1. The summed E-state index contributed by atoms with van der Waals surface area (Å²) < 4.78 is 7.33. The van der Waals surface area contributed by atoms with E-state index in [0.717, 1.165) is 43.1 Å². The van der Waals surface area contributed by atoms with Crippen LogP contribution in [0, 0.1) is 0 Å². The number of rotatable bonds is 4. The van der Waals surface area contributed by atoms with Crippen molar-refractivity contribution in [3.63, 3.8) is 0 Å². The van der Waals surface area contributed by atoms with Gasteiger partial charge in [-0.1, -0.05) is 0 Å². The number of nitrogens with zero attached hydrogens (tertiary/aromatic N) is 4. The number of aromatic nitrogens is 3. The molecule has 2 radical (unpaired) electrons. The predicted molar refractivity (Wildman–Crippen MR) is 105 cm³/mol. The maximum atomic E-state index is 11.1. The van der Waals surface area contributed by atoms with Gasteiger partial charge in [-0.05, 0) is 0 Å². The van der Waals surface area contributed by atoms with Crippen molar-refractivity contribution in [2.24, 2.45) is 0 Å². The maximum absolute atomic E-state index is 11.1. The molecule has 0 saturated carbocycles. The quantitative estimate of drug-likeness (QED) is 0.220. The van der Waals surface area contributed by atoms with Gasteiger partial charge < -0.3 is 9.72 Å². The van der Waals surface area contributed by atoms with Crippen LogP contribution in [0.4, 0.5) is 5.82 Å². The summed E-state index contributed by atoms with van der Waals surface area (Å²) in [7, 11) is 0. The number of aromatic amines is 1. The number of carbonyl (C=O) groups excluding carboxylic acids is 1. The Morgan fingerprint density at radius 2 is 2.07 bits per heavy atom. The SMILES string of the molecule is [B][I-]N1CCN(c2ccc(-c3cc4nc(OC(C)=O)[nH]c4cc3Cl)cn2)CC1. The van der Waals surface area contributed by atoms with Crippen molar-refractivity contribution in [1.82, 2.24) is 18.1 Å². The molecular weight excluding hydrogens is 491 g/mol. The van der Waals surface area contributed by atoms with Gasteiger partial charge in [-0.2, -0.15) is 0 Å². The zero-order chi connectivity index (χ0) is 19.7. The van der Waals surface area contributed by atoms with E-state index in [9.17, 15) is 4.79 Å². The van der Waals surface area contributed by atoms with E-state index in [-0.39, 0.29) is 27.3 Å². The summed E-state index contributed by atoms with van der Waals surface area (Å²) in [6.07, 6.45) is 1.82. The average Bonchev–Trinajstić information content (AvgIpc) is 3.07. The van der Waals surface area contributed by atoms with Crippen LogP contribution in [0.15, 0.2) is 30.5 Å². The van der Waals surface area contributed by atoms with Crippen LogP contribution < -0.4 is 30.9 Å². The fourth-order valence-corrected chi connectivity index (χ4v) is 4.42. The predicted octanol–water partition coefficient (Wildman–Crippen LogP) is -0.587. The van der Waals surface area contributed by atoms with E-state index in [4.69, 9.17) is 22.0 Å². The van der Waals surface area contributed by atoms with Gasteiger partial charge in [0.1, 0.15) is 0 Å². The molecule has 4 rings (SSSR count). The van der Waals surface area contributed by atoms with Crippen LogP contribution in [0.25, 0.3) is 22.2 Å². The number of halogens is 2. The van der Waals surface area contributed by atoms with E-state index in [1.165, 1.54) is 6.92 Å². The zero-order valence-electron chi connectivity index (χ0n) is 15.2. The molecule has 1 saturated heterocycles. The third-order valence-electron chi connectivity index (χ3n) is 4.54. The summed E-state index contributed by atoms with van der Waals surface area (Å²) in [5.74, 6) is 0.520. The van der Waals surface area contributed by atoms with Gasteiger partial charge in [0.05, 0.1) is 0 Å². The Bertz CT molecular complexity index is 1010. The number of pyridine rings is 1. The van der Waals surface area contributed by atoms with Crippen LogP contribution in [-0.4, -0.2) is 55.9 Å². The minimum absolute atomic E-state index is 0.156. The summed E-state index contributed by atoms with van der Waals surface area (Å²) >= 11 is 6.14. The fraction of sp³-hybridized carbons (Fsp3) is 0.278. The number of piperazine rings is 1.